The third-order valence-corrected chi connectivity index (χ3v) is 3.72. The summed E-state index contributed by atoms with van der Waals surface area (Å²) in [6.07, 6.45) is 5.19. The lowest BCUT2D eigenvalue weighted by atomic mass is 9.82. The zero-order chi connectivity index (χ0) is 12.6. The van der Waals surface area contributed by atoms with Crippen LogP contribution in [0.2, 0.25) is 0 Å². The first-order valence-electron chi connectivity index (χ1n) is 6.65. The summed E-state index contributed by atoms with van der Waals surface area (Å²) in [6.45, 7) is 5.72. The summed E-state index contributed by atoms with van der Waals surface area (Å²) in [5.74, 6) is 0. The van der Waals surface area contributed by atoms with Crippen molar-refractivity contribution in [2.75, 3.05) is 0 Å². The van der Waals surface area contributed by atoms with E-state index in [1.807, 2.05) is 25.7 Å². The molecule has 0 aromatic heterocycles. The van der Waals surface area contributed by atoms with Gasteiger partial charge in [0.1, 0.15) is 5.60 Å². The Balaban J connectivity index is 2.10. The van der Waals surface area contributed by atoms with Crippen molar-refractivity contribution in [2.45, 2.75) is 76.6 Å². The van der Waals surface area contributed by atoms with Crippen LogP contribution in [-0.4, -0.2) is 34.7 Å². The largest absolute Gasteiger partial charge is 0.444 e. The van der Waals surface area contributed by atoms with E-state index in [0.717, 1.165) is 25.7 Å². The Bertz CT molecular complexity index is 298. The van der Waals surface area contributed by atoms with E-state index in [0.29, 0.717) is 6.04 Å². The molecule has 2 saturated heterocycles. The summed E-state index contributed by atoms with van der Waals surface area (Å²) in [4.78, 5) is 14.1. The first-order chi connectivity index (χ1) is 7.88. The van der Waals surface area contributed by atoms with Gasteiger partial charge in [0.05, 0.1) is 6.04 Å². The average Bonchev–Trinajstić information content (AvgIpc) is 2.21. The first-order valence-corrected chi connectivity index (χ1v) is 6.65. The standard InChI is InChI=1S/C13H24N2O2/c1-13(2,3)17-12(16)15-9-5-4-6-11(15)10(14)8-7-9/h9-11H,4-8,14H2,1-3H3/t9-,10+,11+/m0/s1. The summed E-state index contributed by atoms with van der Waals surface area (Å²) < 4.78 is 5.49. The molecule has 98 valence electrons. The number of piperidine rings is 2. The van der Waals surface area contributed by atoms with Crippen LogP contribution in [0.1, 0.15) is 52.9 Å². The minimum absolute atomic E-state index is 0.124. The van der Waals surface area contributed by atoms with Gasteiger partial charge in [-0.2, -0.15) is 0 Å². The second-order valence-electron chi connectivity index (χ2n) is 6.28. The van der Waals surface area contributed by atoms with Crippen molar-refractivity contribution < 1.29 is 9.53 Å². The van der Waals surface area contributed by atoms with Gasteiger partial charge in [-0.3, -0.25) is 0 Å². The van der Waals surface area contributed by atoms with E-state index in [9.17, 15) is 4.79 Å². The molecule has 0 aromatic rings. The van der Waals surface area contributed by atoms with E-state index in [1.165, 1.54) is 6.42 Å². The molecule has 2 aliphatic rings. The molecule has 0 radical (unpaired) electrons. The van der Waals surface area contributed by atoms with E-state index in [-0.39, 0.29) is 18.2 Å². The molecule has 2 bridgehead atoms. The highest BCUT2D eigenvalue weighted by molar-refractivity contribution is 5.69. The van der Waals surface area contributed by atoms with Crippen LogP contribution in [0.15, 0.2) is 0 Å². The Morgan fingerprint density at radius 2 is 1.94 bits per heavy atom. The second kappa shape index (κ2) is 4.48. The molecule has 0 unspecified atom stereocenters. The quantitative estimate of drug-likeness (QED) is 0.706. The molecular weight excluding hydrogens is 216 g/mol. The van der Waals surface area contributed by atoms with Gasteiger partial charge in [-0.25, -0.2) is 4.79 Å². The molecule has 4 nitrogen and oxygen atoms in total. The Morgan fingerprint density at radius 3 is 2.59 bits per heavy atom. The number of carbonyl (C=O) groups is 1. The van der Waals surface area contributed by atoms with Crippen LogP contribution in [0.4, 0.5) is 4.79 Å². The fraction of sp³-hybridized carbons (Fsp3) is 0.923. The van der Waals surface area contributed by atoms with E-state index >= 15 is 0 Å². The number of nitrogens with two attached hydrogens (primary N) is 1. The van der Waals surface area contributed by atoms with Gasteiger partial charge >= 0.3 is 6.09 Å². The van der Waals surface area contributed by atoms with E-state index in [4.69, 9.17) is 10.5 Å². The number of hydrogen-bond donors (Lipinski definition) is 1. The van der Waals surface area contributed by atoms with Crippen molar-refractivity contribution in [3.8, 4) is 0 Å². The number of nitrogens with zero attached hydrogens (tertiary/aromatic N) is 1. The maximum atomic E-state index is 12.2. The fourth-order valence-corrected chi connectivity index (χ4v) is 2.99. The maximum Gasteiger partial charge on any atom is 0.410 e. The van der Waals surface area contributed by atoms with Gasteiger partial charge in [0.25, 0.3) is 0 Å². The van der Waals surface area contributed by atoms with Gasteiger partial charge in [-0.05, 0) is 52.9 Å². The van der Waals surface area contributed by atoms with Crippen molar-refractivity contribution in [2.24, 2.45) is 5.73 Å². The summed E-state index contributed by atoms with van der Waals surface area (Å²) in [5, 5.41) is 0. The monoisotopic (exact) mass is 240 g/mol. The normalized spacial score (nSPS) is 33.4. The lowest BCUT2D eigenvalue weighted by Gasteiger charge is -2.48. The first kappa shape index (κ1) is 12.7. The zero-order valence-electron chi connectivity index (χ0n) is 11.1. The van der Waals surface area contributed by atoms with Crippen molar-refractivity contribution >= 4 is 6.09 Å². The number of hydrogen-bond acceptors (Lipinski definition) is 3. The molecule has 0 spiro atoms. The van der Waals surface area contributed by atoms with E-state index in [1.54, 1.807) is 0 Å². The third kappa shape index (κ3) is 2.73. The fourth-order valence-electron chi connectivity index (χ4n) is 2.99. The predicted octanol–water partition coefficient (Wildman–Crippen LogP) is 2.27. The molecule has 4 heteroatoms. The van der Waals surface area contributed by atoms with Crippen LogP contribution < -0.4 is 5.73 Å². The SMILES string of the molecule is CC(C)(C)OC(=O)N1[C@H]2CCC[C@@H]1[C@H](N)CC2. The van der Waals surface area contributed by atoms with Crippen LogP contribution in [-0.2, 0) is 4.74 Å². The number of rotatable bonds is 0. The third-order valence-electron chi connectivity index (χ3n) is 3.72. The number of fused-ring (bicyclic) bond motifs is 2. The molecule has 0 saturated carbocycles. The van der Waals surface area contributed by atoms with Gasteiger partial charge < -0.3 is 15.4 Å². The van der Waals surface area contributed by atoms with Crippen molar-refractivity contribution in [1.29, 1.82) is 0 Å². The molecular formula is C13H24N2O2. The Hall–Kier alpha value is -0.770. The molecule has 3 atom stereocenters. The Labute approximate surface area is 103 Å². The van der Waals surface area contributed by atoms with Crippen molar-refractivity contribution in [1.82, 2.24) is 4.90 Å². The number of amides is 1. The Kier molecular flexibility index (Phi) is 3.34. The Morgan fingerprint density at radius 1 is 1.24 bits per heavy atom. The smallest absolute Gasteiger partial charge is 0.410 e. The molecule has 2 fully saturated rings. The van der Waals surface area contributed by atoms with Crippen LogP contribution >= 0.6 is 0 Å². The minimum Gasteiger partial charge on any atom is -0.444 e. The van der Waals surface area contributed by atoms with Gasteiger partial charge in [0, 0.05) is 12.1 Å². The number of ether oxygens (including phenoxy) is 1. The highest BCUT2D eigenvalue weighted by Gasteiger charge is 2.42. The zero-order valence-corrected chi connectivity index (χ0v) is 11.1. The predicted molar refractivity (Wildman–Crippen MR) is 66.7 cm³/mol. The molecule has 17 heavy (non-hydrogen) atoms. The minimum atomic E-state index is -0.424. The lowest BCUT2D eigenvalue weighted by Crippen LogP contribution is -2.61. The molecule has 2 aliphatic heterocycles. The number of carbonyl (C=O) groups excluding carboxylic acids is 1. The highest BCUT2D eigenvalue weighted by Crippen LogP contribution is 2.34. The topological polar surface area (TPSA) is 55.6 Å². The second-order valence-corrected chi connectivity index (χ2v) is 6.28. The van der Waals surface area contributed by atoms with Gasteiger partial charge in [-0.1, -0.05) is 0 Å². The summed E-state index contributed by atoms with van der Waals surface area (Å²) in [5.41, 5.74) is 5.70. The summed E-state index contributed by atoms with van der Waals surface area (Å²) in [7, 11) is 0. The molecule has 2 heterocycles. The van der Waals surface area contributed by atoms with Crippen molar-refractivity contribution in [3.05, 3.63) is 0 Å². The van der Waals surface area contributed by atoms with Gasteiger partial charge in [0.15, 0.2) is 0 Å². The molecule has 1 amide bonds. The van der Waals surface area contributed by atoms with Crippen LogP contribution in [0, 0.1) is 0 Å². The van der Waals surface area contributed by atoms with Crippen LogP contribution in [0.5, 0.6) is 0 Å². The summed E-state index contributed by atoms with van der Waals surface area (Å²) >= 11 is 0. The molecule has 2 N–H and O–H groups in total. The maximum absolute atomic E-state index is 12.2. The van der Waals surface area contributed by atoms with Gasteiger partial charge in [-0.15, -0.1) is 0 Å². The lowest BCUT2D eigenvalue weighted by molar-refractivity contribution is -0.0230. The average molecular weight is 240 g/mol. The molecule has 0 aromatic carbocycles. The molecule has 0 aliphatic carbocycles. The van der Waals surface area contributed by atoms with E-state index < -0.39 is 5.60 Å². The highest BCUT2D eigenvalue weighted by atomic mass is 16.6. The van der Waals surface area contributed by atoms with Crippen LogP contribution in [0.3, 0.4) is 0 Å². The molecule has 2 rings (SSSR count). The summed E-state index contributed by atoms with van der Waals surface area (Å²) in [6, 6.07) is 0.666. The van der Waals surface area contributed by atoms with Crippen molar-refractivity contribution in [3.63, 3.8) is 0 Å². The van der Waals surface area contributed by atoms with E-state index in [2.05, 4.69) is 0 Å². The van der Waals surface area contributed by atoms with Crippen LogP contribution in [0.25, 0.3) is 0 Å². The van der Waals surface area contributed by atoms with Gasteiger partial charge in [0.2, 0.25) is 0 Å².